The van der Waals surface area contributed by atoms with Gasteiger partial charge in [-0.25, -0.2) is 8.42 Å². The third kappa shape index (κ3) is 5.49. The Morgan fingerprint density at radius 3 is 2.30 bits per heavy atom. The zero-order valence-electron chi connectivity index (χ0n) is 16.3. The highest BCUT2D eigenvalue weighted by molar-refractivity contribution is 7.99. The Hall–Kier alpha value is -1.99. The van der Waals surface area contributed by atoms with Crippen molar-refractivity contribution in [3.8, 4) is 0 Å². The molecule has 1 atom stereocenters. The first kappa shape index (κ1) is 21.3. The largest absolute Gasteiger partial charge is 0.323 e. The first-order valence-corrected chi connectivity index (χ1v) is 11.6. The average Bonchev–Trinajstić information content (AvgIpc) is 2.54. The van der Waals surface area contributed by atoms with E-state index in [1.54, 1.807) is 30.8 Å². The third-order valence-electron chi connectivity index (χ3n) is 3.99. The van der Waals surface area contributed by atoms with E-state index in [4.69, 9.17) is 0 Å². The Kier molecular flexibility index (Phi) is 6.95. The molecule has 7 heteroatoms. The van der Waals surface area contributed by atoms with Crippen LogP contribution in [0, 0.1) is 13.8 Å². The summed E-state index contributed by atoms with van der Waals surface area (Å²) in [6, 6.07) is 12.1. The molecule has 1 amide bonds. The van der Waals surface area contributed by atoms with Crippen LogP contribution >= 0.6 is 11.8 Å². The van der Waals surface area contributed by atoms with Crippen LogP contribution in [0.1, 0.15) is 25.0 Å². The maximum Gasteiger partial charge on any atom is 0.248 e. The van der Waals surface area contributed by atoms with Gasteiger partial charge in [0, 0.05) is 4.90 Å². The van der Waals surface area contributed by atoms with E-state index in [-0.39, 0.29) is 5.91 Å². The third-order valence-corrected chi connectivity index (χ3v) is 6.19. The van der Waals surface area contributed by atoms with Crippen LogP contribution in [0.4, 0.5) is 11.4 Å². The van der Waals surface area contributed by atoms with Gasteiger partial charge in [0.05, 0.1) is 17.6 Å². The van der Waals surface area contributed by atoms with Crippen molar-refractivity contribution in [1.29, 1.82) is 0 Å². The number of nitrogens with zero attached hydrogens (tertiary/aromatic N) is 1. The van der Waals surface area contributed by atoms with Crippen LogP contribution in [0.5, 0.6) is 0 Å². The monoisotopic (exact) mass is 406 g/mol. The van der Waals surface area contributed by atoms with Gasteiger partial charge in [0.1, 0.15) is 6.04 Å². The number of carbonyl (C=O) groups is 1. The molecule has 1 unspecified atom stereocenters. The quantitative estimate of drug-likeness (QED) is 0.700. The molecule has 0 aromatic heterocycles. The van der Waals surface area contributed by atoms with E-state index in [0.29, 0.717) is 11.4 Å². The standard InChI is InChI=1S/C20H26N2O3S2/c1-6-26-19-10-8-7-9-18(19)21-20(23)16(4)22(27(5,24)25)17-12-14(2)11-15(3)13-17/h7-13,16H,6H2,1-5H3,(H,21,23). The Morgan fingerprint density at radius 2 is 1.74 bits per heavy atom. The minimum Gasteiger partial charge on any atom is -0.323 e. The molecule has 2 rings (SSSR count). The highest BCUT2D eigenvalue weighted by atomic mass is 32.2. The fraction of sp³-hybridized carbons (Fsp3) is 0.350. The van der Waals surface area contributed by atoms with Crippen molar-refractivity contribution in [2.75, 3.05) is 21.6 Å². The van der Waals surface area contributed by atoms with E-state index in [9.17, 15) is 13.2 Å². The molecule has 0 aliphatic rings. The topological polar surface area (TPSA) is 66.5 Å². The molecule has 2 aromatic carbocycles. The average molecular weight is 407 g/mol. The summed E-state index contributed by atoms with van der Waals surface area (Å²) >= 11 is 1.62. The number of thioether (sulfide) groups is 1. The SMILES string of the molecule is CCSc1ccccc1NC(=O)C(C)N(c1cc(C)cc(C)c1)S(C)(=O)=O. The number of aryl methyl sites for hydroxylation is 2. The molecular weight excluding hydrogens is 380 g/mol. The van der Waals surface area contributed by atoms with Crippen LogP contribution in [0.15, 0.2) is 47.4 Å². The molecule has 0 saturated carbocycles. The molecule has 0 fully saturated rings. The maximum atomic E-state index is 12.9. The molecule has 146 valence electrons. The predicted molar refractivity (Wildman–Crippen MR) is 114 cm³/mol. The van der Waals surface area contributed by atoms with Crippen molar-refractivity contribution < 1.29 is 13.2 Å². The molecule has 2 aromatic rings. The number of carbonyl (C=O) groups excluding carboxylic acids is 1. The van der Waals surface area contributed by atoms with E-state index >= 15 is 0 Å². The van der Waals surface area contributed by atoms with Crippen molar-refractivity contribution in [3.05, 3.63) is 53.6 Å². The van der Waals surface area contributed by atoms with Gasteiger partial charge in [-0.15, -0.1) is 11.8 Å². The number of hydrogen-bond acceptors (Lipinski definition) is 4. The van der Waals surface area contributed by atoms with Gasteiger partial charge in [0.25, 0.3) is 0 Å². The Bertz CT molecular complexity index is 906. The predicted octanol–water partition coefficient (Wildman–Crippen LogP) is 4.21. The molecule has 0 heterocycles. The number of nitrogens with one attached hydrogen (secondary N) is 1. The summed E-state index contributed by atoms with van der Waals surface area (Å²) in [7, 11) is -3.64. The minimum absolute atomic E-state index is 0.372. The normalized spacial score (nSPS) is 12.5. The number of amides is 1. The van der Waals surface area contributed by atoms with Crippen LogP contribution in [0.25, 0.3) is 0 Å². The van der Waals surface area contributed by atoms with E-state index < -0.39 is 16.1 Å². The number of anilines is 2. The number of benzene rings is 2. The lowest BCUT2D eigenvalue weighted by molar-refractivity contribution is -0.116. The summed E-state index contributed by atoms with van der Waals surface area (Å²) in [6.07, 6.45) is 1.12. The minimum atomic E-state index is -3.64. The molecule has 0 radical (unpaired) electrons. The molecule has 1 N–H and O–H groups in total. The van der Waals surface area contributed by atoms with Crippen molar-refractivity contribution in [1.82, 2.24) is 0 Å². The van der Waals surface area contributed by atoms with Crippen molar-refractivity contribution >= 4 is 39.1 Å². The van der Waals surface area contributed by atoms with Gasteiger partial charge >= 0.3 is 0 Å². The summed E-state index contributed by atoms with van der Waals surface area (Å²) in [5.74, 6) is 0.504. The van der Waals surface area contributed by atoms with Crippen LogP contribution < -0.4 is 9.62 Å². The Morgan fingerprint density at radius 1 is 1.15 bits per heavy atom. The number of para-hydroxylation sites is 1. The lowest BCUT2D eigenvalue weighted by Gasteiger charge is -2.29. The van der Waals surface area contributed by atoms with E-state index in [2.05, 4.69) is 5.32 Å². The highest BCUT2D eigenvalue weighted by Gasteiger charge is 2.29. The van der Waals surface area contributed by atoms with Gasteiger partial charge in [0.15, 0.2) is 0 Å². The van der Waals surface area contributed by atoms with Gasteiger partial charge in [-0.2, -0.15) is 0 Å². The number of sulfonamides is 1. The van der Waals surface area contributed by atoms with Gasteiger partial charge in [0.2, 0.25) is 15.9 Å². The number of rotatable bonds is 7. The molecular formula is C20H26N2O3S2. The van der Waals surface area contributed by atoms with Crippen LogP contribution in [0.2, 0.25) is 0 Å². The van der Waals surface area contributed by atoms with Crippen molar-refractivity contribution in [2.24, 2.45) is 0 Å². The summed E-state index contributed by atoms with van der Waals surface area (Å²) in [4.78, 5) is 13.8. The maximum absolute atomic E-state index is 12.9. The summed E-state index contributed by atoms with van der Waals surface area (Å²) in [5, 5.41) is 2.88. The molecule has 0 spiro atoms. The lowest BCUT2D eigenvalue weighted by atomic mass is 10.1. The van der Waals surface area contributed by atoms with Crippen LogP contribution in [-0.4, -0.2) is 32.4 Å². The summed E-state index contributed by atoms with van der Waals surface area (Å²) in [5.41, 5.74) is 3.07. The van der Waals surface area contributed by atoms with Crippen molar-refractivity contribution in [3.63, 3.8) is 0 Å². The van der Waals surface area contributed by atoms with Crippen LogP contribution in [0.3, 0.4) is 0 Å². The Balaban J connectivity index is 2.36. The molecule has 0 aliphatic heterocycles. The second kappa shape index (κ2) is 8.80. The molecule has 5 nitrogen and oxygen atoms in total. The second-order valence-corrected chi connectivity index (χ2v) is 9.66. The zero-order chi connectivity index (χ0) is 20.2. The fourth-order valence-electron chi connectivity index (χ4n) is 2.98. The van der Waals surface area contributed by atoms with Gasteiger partial charge in [-0.05, 0) is 61.9 Å². The smallest absolute Gasteiger partial charge is 0.248 e. The highest BCUT2D eigenvalue weighted by Crippen LogP contribution is 2.28. The van der Waals surface area contributed by atoms with Crippen molar-refractivity contribution in [2.45, 2.75) is 38.6 Å². The van der Waals surface area contributed by atoms with Gasteiger partial charge in [-0.1, -0.05) is 25.1 Å². The van der Waals surface area contributed by atoms with E-state index in [0.717, 1.165) is 28.0 Å². The number of hydrogen-bond donors (Lipinski definition) is 1. The lowest BCUT2D eigenvalue weighted by Crippen LogP contribution is -2.45. The molecule has 0 bridgehead atoms. The molecule has 0 aliphatic carbocycles. The fourth-order valence-corrected chi connectivity index (χ4v) is 4.89. The zero-order valence-corrected chi connectivity index (χ0v) is 17.9. The summed E-state index contributed by atoms with van der Waals surface area (Å²) < 4.78 is 26.1. The first-order chi connectivity index (χ1) is 12.6. The van der Waals surface area contributed by atoms with Crippen LogP contribution in [-0.2, 0) is 14.8 Å². The Labute approximate surface area is 166 Å². The molecule has 0 saturated heterocycles. The molecule has 27 heavy (non-hydrogen) atoms. The first-order valence-electron chi connectivity index (χ1n) is 8.74. The van der Waals surface area contributed by atoms with E-state index in [1.165, 1.54) is 4.31 Å². The van der Waals surface area contributed by atoms with E-state index in [1.807, 2.05) is 51.1 Å². The summed E-state index contributed by atoms with van der Waals surface area (Å²) in [6.45, 7) is 7.45. The van der Waals surface area contributed by atoms with Gasteiger partial charge in [-0.3, -0.25) is 9.10 Å². The second-order valence-electron chi connectivity index (χ2n) is 6.50. The van der Waals surface area contributed by atoms with Gasteiger partial charge < -0.3 is 5.32 Å².